The highest BCUT2D eigenvalue weighted by atomic mass is 16.5. The number of benzene rings is 3. The van der Waals surface area contributed by atoms with Gasteiger partial charge in [0, 0.05) is 17.0 Å². The standard InChI is InChI=1S/C19H14N2O.3C2H6/c1-3-7-14(8-4-1)19-17-12-11-16(13-18(17)20-21-19)22-15-9-5-2-6-10-15;3*1-2/h1-13H,(H,20,21);3*1-2H3. The molecule has 1 aromatic heterocycles. The van der Waals surface area contributed by atoms with Gasteiger partial charge in [0.25, 0.3) is 0 Å². The molecule has 0 saturated carbocycles. The van der Waals surface area contributed by atoms with Crippen LogP contribution in [0.5, 0.6) is 11.5 Å². The van der Waals surface area contributed by atoms with E-state index >= 15 is 0 Å². The largest absolute Gasteiger partial charge is 0.457 e. The van der Waals surface area contributed by atoms with E-state index in [1.807, 2.05) is 108 Å². The Labute approximate surface area is 169 Å². The molecule has 0 aliphatic heterocycles. The molecule has 0 saturated heterocycles. The molecular formula is C25H32N2O. The van der Waals surface area contributed by atoms with Crippen LogP contribution in [-0.2, 0) is 0 Å². The van der Waals surface area contributed by atoms with Crippen molar-refractivity contribution in [3.05, 3.63) is 78.9 Å². The van der Waals surface area contributed by atoms with Crippen molar-refractivity contribution in [3.63, 3.8) is 0 Å². The Hall–Kier alpha value is -3.07. The van der Waals surface area contributed by atoms with Crippen LogP contribution in [-0.4, -0.2) is 10.2 Å². The summed E-state index contributed by atoms with van der Waals surface area (Å²) in [6, 6.07) is 25.9. The first-order valence-corrected chi connectivity index (χ1v) is 10.2. The third-order valence-electron chi connectivity index (χ3n) is 3.56. The van der Waals surface area contributed by atoms with Crippen molar-refractivity contribution in [1.82, 2.24) is 10.2 Å². The Balaban J connectivity index is 0.000000599. The van der Waals surface area contributed by atoms with Gasteiger partial charge < -0.3 is 4.74 Å². The second-order valence-electron chi connectivity index (χ2n) is 5.06. The van der Waals surface area contributed by atoms with Crippen molar-refractivity contribution >= 4 is 10.9 Å². The predicted octanol–water partition coefficient (Wildman–Crippen LogP) is 8.10. The molecule has 4 rings (SSSR count). The lowest BCUT2D eigenvalue weighted by molar-refractivity contribution is 0.483. The van der Waals surface area contributed by atoms with Crippen molar-refractivity contribution in [2.45, 2.75) is 41.5 Å². The molecule has 0 bridgehead atoms. The summed E-state index contributed by atoms with van der Waals surface area (Å²) >= 11 is 0. The third kappa shape index (κ3) is 5.98. The quantitative estimate of drug-likeness (QED) is 0.392. The minimum atomic E-state index is 0.793. The van der Waals surface area contributed by atoms with Crippen LogP contribution in [0.1, 0.15) is 41.5 Å². The number of H-pyrrole nitrogens is 1. The Bertz CT molecular complexity index is 900. The highest BCUT2D eigenvalue weighted by Gasteiger charge is 2.08. The van der Waals surface area contributed by atoms with E-state index in [9.17, 15) is 0 Å². The Kier molecular flexibility index (Phi) is 10.8. The molecule has 0 fully saturated rings. The van der Waals surface area contributed by atoms with E-state index in [1.54, 1.807) is 0 Å². The summed E-state index contributed by atoms with van der Waals surface area (Å²) in [6.07, 6.45) is 0. The SMILES string of the molecule is CC.CC.CC.c1ccc(Oc2ccc3c(-c4ccccc4)n[nH]c3c2)cc1. The average Bonchev–Trinajstić information content (AvgIpc) is 3.22. The van der Waals surface area contributed by atoms with Gasteiger partial charge in [-0.3, -0.25) is 5.10 Å². The summed E-state index contributed by atoms with van der Waals surface area (Å²) in [5.74, 6) is 1.62. The van der Waals surface area contributed by atoms with Crippen molar-refractivity contribution < 1.29 is 4.74 Å². The minimum Gasteiger partial charge on any atom is -0.457 e. The van der Waals surface area contributed by atoms with E-state index in [-0.39, 0.29) is 0 Å². The van der Waals surface area contributed by atoms with E-state index < -0.39 is 0 Å². The molecule has 0 aliphatic rings. The van der Waals surface area contributed by atoms with Crippen LogP contribution >= 0.6 is 0 Å². The zero-order valence-electron chi connectivity index (χ0n) is 17.9. The number of ether oxygens (including phenoxy) is 1. The number of fused-ring (bicyclic) bond motifs is 1. The Morgan fingerprint density at radius 3 is 1.82 bits per heavy atom. The number of rotatable bonds is 3. The van der Waals surface area contributed by atoms with E-state index in [0.29, 0.717) is 0 Å². The van der Waals surface area contributed by atoms with E-state index in [4.69, 9.17) is 4.74 Å². The van der Waals surface area contributed by atoms with Gasteiger partial charge in [-0.15, -0.1) is 0 Å². The maximum atomic E-state index is 5.85. The van der Waals surface area contributed by atoms with Crippen LogP contribution in [0.2, 0.25) is 0 Å². The van der Waals surface area contributed by atoms with Crippen LogP contribution < -0.4 is 4.74 Å². The number of para-hydroxylation sites is 1. The molecule has 0 unspecified atom stereocenters. The highest BCUT2D eigenvalue weighted by molar-refractivity contribution is 5.93. The summed E-state index contributed by atoms with van der Waals surface area (Å²) in [5, 5.41) is 8.61. The highest BCUT2D eigenvalue weighted by Crippen LogP contribution is 2.30. The van der Waals surface area contributed by atoms with Crippen LogP contribution in [0.4, 0.5) is 0 Å². The second-order valence-corrected chi connectivity index (χ2v) is 5.06. The Morgan fingerprint density at radius 1 is 0.643 bits per heavy atom. The molecule has 1 N–H and O–H groups in total. The Morgan fingerprint density at radius 2 is 1.21 bits per heavy atom. The first-order chi connectivity index (χ1) is 13.9. The first kappa shape index (κ1) is 23.0. The maximum absolute atomic E-state index is 5.85. The zero-order chi connectivity index (χ0) is 20.8. The lowest BCUT2D eigenvalue weighted by Gasteiger charge is -2.05. The van der Waals surface area contributed by atoms with E-state index in [2.05, 4.69) is 22.3 Å². The molecule has 28 heavy (non-hydrogen) atoms. The van der Waals surface area contributed by atoms with Crippen LogP contribution in [0.25, 0.3) is 22.2 Å². The van der Waals surface area contributed by atoms with E-state index in [0.717, 1.165) is 33.7 Å². The van der Waals surface area contributed by atoms with Gasteiger partial charge in [-0.25, -0.2) is 0 Å². The van der Waals surface area contributed by atoms with Gasteiger partial charge in [-0.2, -0.15) is 5.10 Å². The van der Waals surface area contributed by atoms with Gasteiger partial charge in [-0.1, -0.05) is 90.1 Å². The molecule has 3 nitrogen and oxygen atoms in total. The number of aromatic nitrogens is 2. The molecule has 3 aromatic carbocycles. The summed E-state index contributed by atoms with van der Waals surface area (Å²) in [4.78, 5) is 0. The molecule has 4 aromatic rings. The molecule has 148 valence electrons. The van der Waals surface area contributed by atoms with Crippen molar-refractivity contribution in [2.24, 2.45) is 0 Å². The van der Waals surface area contributed by atoms with Gasteiger partial charge in [0.15, 0.2) is 0 Å². The van der Waals surface area contributed by atoms with Crippen LogP contribution in [0.15, 0.2) is 78.9 Å². The number of hydrogen-bond donors (Lipinski definition) is 1. The summed E-state index contributed by atoms with van der Waals surface area (Å²) in [7, 11) is 0. The number of nitrogens with zero attached hydrogens (tertiary/aromatic N) is 1. The number of nitrogens with one attached hydrogen (secondary N) is 1. The van der Waals surface area contributed by atoms with Crippen molar-refractivity contribution in [2.75, 3.05) is 0 Å². The third-order valence-corrected chi connectivity index (χ3v) is 3.56. The monoisotopic (exact) mass is 376 g/mol. The fourth-order valence-electron chi connectivity index (χ4n) is 2.50. The molecular weight excluding hydrogens is 344 g/mol. The van der Waals surface area contributed by atoms with Gasteiger partial charge in [0.05, 0.1) is 11.2 Å². The zero-order valence-corrected chi connectivity index (χ0v) is 17.9. The molecule has 0 spiro atoms. The topological polar surface area (TPSA) is 37.9 Å². The van der Waals surface area contributed by atoms with Crippen LogP contribution in [0.3, 0.4) is 0 Å². The van der Waals surface area contributed by atoms with Crippen molar-refractivity contribution in [3.8, 4) is 22.8 Å². The van der Waals surface area contributed by atoms with Gasteiger partial charge in [-0.05, 0) is 24.3 Å². The molecule has 0 amide bonds. The van der Waals surface area contributed by atoms with Gasteiger partial charge in [0.2, 0.25) is 0 Å². The molecule has 0 atom stereocenters. The predicted molar refractivity (Wildman–Crippen MR) is 122 cm³/mol. The number of hydrogen-bond acceptors (Lipinski definition) is 2. The second kappa shape index (κ2) is 13.2. The first-order valence-electron chi connectivity index (χ1n) is 10.2. The molecule has 0 aliphatic carbocycles. The lowest BCUT2D eigenvalue weighted by Crippen LogP contribution is -1.83. The van der Waals surface area contributed by atoms with Gasteiger partial charge >= 0.3 is 0 Å². The maximum Gasteiger partial charge on any atom is 0.129 e. The summed E-state index contributed by atoms with van der Waals surface area (Å²) in [5.41, 5.74) is 3.03. The number of aromatic amines is 1. The van der Waals surface area contributed by atoms with Crippen LogP contribution in [0, 0.1) is 0 Å². The smallest absolute Gasteiger partial charge is 0.129 e. The lowest BCUT2D eigenvalue weighted by atomic mass is 10.1. The fraction of sp³-hybridized carbons (Fsp3) is 0.240. The minimum absolute atomic E-state index is 0.793. The summed E-state index contributed by atoms with van der Waals surface area (Å²) < 4.78 is 5.85. The van der Waals surface area contributed by atoms with E-state index in [1.165, 1.54) is 0 Å². The van der Waals surface area contributed by atoms with Crippen molar-refractivity contribution in [1.29, 1.82) is 0 Å². The fourth-order valence-corrected chi connectivity index (χ4v) is 2.50. The normalized spacial score (nSPS) is 9.07. The summed E-state index contributed by atoms with van der Waals surface area (Å²) in [6.45, 7) is 12.0. The average molecular weight is 377 g/mol. The molecule has 1 heterocycles. The van der Waals surface area contributed by atoms with Gasteiger partial charge in [0.1, 0.15) is 11.5 Å². The molecule has 3 heteroatoms. The molecule has 0 radical (unpaired) electrons.